The van der Waals surface area contributed by atoms with E-state index >= 15 is 0 Å². The number of carbonyl (C=O) groups is 1. The van der Waals surface area contributed by atoms with Crippen LogP contribution in [-0.4, -0.2) is 39.3 Å². The highest BCUT2D eigenvalue weighted by atomic mass is 16.3. The lowest BCUT2D eigenvalue weighted by Gasteiger charge is -2.19. The predicted molar refractivity (Wildman–Crippen MR) is 93.8 cm³/mol. The Morgan fingerprint density at radius 2 is 2.04 bits per heavy atom. The summed E-state index contributed by atoms with van der Waals surface area (Å²) in [6, 6.07) is 11.2. The van der Waals surface area contributed by atoms with Gasteiger partial charge in [0.25, 0.3) is 5.91 Å². The molecule has 7 nitrogen and oxygen atoms in total. The minimum atomic E-state index is -0.938. The standard InChI is InChI=1S/C17H23N5O2/c1-12-9-14(22-21-12)19-16(18-11-17(2,3)24)20-15(23)10-13-7-5-4-6-8-13/h4-9,24H,10-11H2,1-3H3,(H3,18,19,20,21,22,23). The van der Waals surface area contributed by atoms with Crippen molar-refractivity contribution in [3.8, 4) is 0 Å². The van der Waals surface area contributed by atoms with Crippen LogP contribution in [0.25, 0.3) is 0 Å². The van der Waals surface area contributed by atoms with Crippen molar-refractivity contribution in [2.75, 3.05) is 11.9 Å². The maximum absolute atomic E-state index is 12.2. The van der Waals surface area contributed by atoms with Gasteiger partial charge in [-0.2, -0.15) is 10.1 Å². The molecule has 0 radical (unpaired) electrons. The van der Waals surface area contributed by atoms with Crippen molar-refractivity contribution in [3.05, 3.63) is 47.7 Å². The minimum Gasteiger partial charge on any atom is -0.389 e. The molecule has 0 saturated heterocycles. The summed E-state index contributed by atoms with van der Waals surface area (Å²) in [5, 5.41) is 22.6. The van der Waals surface area contributed by atoms with Crippen LogP contribution < -0.4 is 10.6 Å². The second-order valence-electron chi connectivity index (χ2n) is 6.24. The Morgan fingerprint density at radius 1 is 1.33 bits per heavy atom. The molecule has 1 aromatic carbocycles. The van der Waals surface area contributed by atoms with Gasteiger partial charge in [-0.3, -0.25) is 9.89 Å². The third kappa shape index (κ3) is 6.21. The number of carbonyl (C=O) groups excluding carboxylic acids is 1. The summed E-state index contributed by atoms with van der Waals surface area (Å²) in [7, 11) is 0. The Balaban J connectivity index is 2.09. The average Bonchev–Trinajstić information content (AvgIpc) is 2.90. The van der Waals surface area contributed by atoms with Crippen molar-refractivity contribution in [2.24, 2.45) is 4.99 Å². The van der Waals surface area contributed by atoms with Crippen LogP contribution in [-0.2, 0) is 11.2 Å². The predicted octanol–water partition coefficient (Wildman–Crippen LogP) is 1.62. The van der Waals surface area contributed by atoms with Crippen molar-refractivity contribution < 1.29 is 9.90 Å². The first-order chi connectivity index (χ1) is 11.3. The van der Waals surface area contributed by atoms with Crippen LogP contribution in [0.15, 0.2) is 41.4 Å². The number of hydrogen-bond donors (Lipinski definition) is 4. The van der Waals surface area contributed by atoms with E-state index in [4.69, 9.17) is 0 Å². The zero-order valence-electron chi connectivity index (χ0n) is 14.1. The summed E-state index contributed by atoms with van der Waals surface area (Å²) < 4.78 is 0. The summed E-state index contributed by atoms with van der Waals surface area (Å²) in [5.41, 5.74) is 0.838. The lowest BCUT2D eigenvalue weighted by atomic mass is 10.1. The van der Waals surface area contributed by atoms with Crippen LogP contribution in [0.2, 0.25) is 0 Å². The van der Waals surface area contributed by atoms with E-state index in [9.17, 15) is 9.90 Å². The number of benzene rings is 1. The van der Waals surface area contributed by atoms with Gasteiger partial charge in [0, 0.05) is 18.3 Å². The molecule has 1 aromatic heterocycles. The van der Waals surface area contributed by atoms with Crippen LogP contribution in [0.3, 0.4) is 0 Å². The fraction of sp³-hybridized carbons (Fsp3) is 0.353. The second kappa shape index (κ2) is 7.74. The van der Waals surface area contributed by atoms with Gasteiger partial charge in [0.05, 0.1) is 12.0 Å². The molecule has 0 fully saturated rings. The van der Waals surface area contributed by atoms with Gasteiger partial charge in [0.1, 0.15) is 0 Å². The zero-order valence-corrected chi connectivity index (χ0v) is 14.1. The Morgan fingerprint density at radius 3 is 2.62 bits per heavy atom. The molecule has 7 heteroatoms. The number of aryl methyl sites for hydroxylation is 1. The number of H-pyrrole nitrogens is 1. The quantitative estimate of drug-likeness (QED) is 0.493. The Labute approximate surface area is 141 Å². The van der Waals surface area contributed by atoms with Crippen LogP contribution >= 0.6 is 0 Å². The van der Waals surface area contributed by atoms with Gasteiger partial charge in [-0.25, -0.2) is 0 Å². The molecule has 1 amide bonds. The molecular weight excluding hydrogens is 306 g/mol. The van der Waals surface area contributed by atoms with E-state index < -0.39 is 5.60 Å². The highest BCUT2D eigenvalue weighted by molar-refractivity contribution is 6.01. The Bertz CT molecular complexity index is 701. The number of nitrogens with one attached hydrogen (secondary N) is 3. The molecular formula is C17H23N5O2. The summed E-state index contributed by atoms with van der Waals surface area (Å²) in [6.07, 6.45) is 0.204. The molecule has 0 unspecified atom stereocenters. The van der Waals surface area contributed by atoms with Crippen LogP contribution in [0.4, 0.5) is 5.82 Å². The normalized spacial score (nSPS) is 12.1. The lowest BCUT2D eigenvalue weighted by molar-refractivity contribution is -0.117. The SMILES string of the molecule is Cc1cc(N/C(=N\C(=O)Cc2ccccc2)NCC(C)(C)O)n[nH]1. The van der Waals surface area contributed by atoms with Gasteiger partial charge in [-0.05, 0) is 26.3 Å². The number of anilines is 1. The minimum absolute atomic E-state index is 0.204. The molecule has 0 bridgehead atoms. The van der Waals surface area contributed by atoms with Crippen molar-refractivity contribution in [2.45, 2.75) is 32.8 Å². The molecule has 0 aliphatic rings. The largest absolute Gasteiger partial charge is 0.389 e. The van der Waals surface area contributed by atoms with Gasteiger partial charge in [-0.1, -0.05) is 30.3 Å². The van der Waals surface area contributed by atoms with Crippen LogP contribution in [0.5, 0.6) is 0 Å². The molecule has 4 N–H and O–H groups in total. The first-order valence-corrected chi connectivity index (χ1v) is 7.72. The van der Waals surface area contributed by atoms with Crippen molar-refractivity contribution in [1.82, 2.24) is 15.5 Å². The summed E-state index contributed by atoms with van der Waals surface area (Å²) in [4.78, 5) is 16.3. The molecule has 128 valence electrons. The average molecular weight is 329 g/mol. The number of amides is 1. The first-order valence-electron chi connectivity index (χ1n) is 7.72. The third-order valence-corrected chi connectivity index (χ3v) is 3.08. The van der Waals surface area contributed by atoms with E-state index in [1.54, 1.807) is 19.9 Å². The van der Waals surface area contributed by atoms with E-state index in [1.807, 2.05) is 37.3 Å². The van der Waals surface area contributed by atoms with Gasteiger partial charge in [0.2, 0.25) is 5.96 Å². The smallest absolute Gasteiger partial charge is 0.253 e. The van der Waals surface area contributed by atoms with E-state index in [0.717, 1.165) is 11.3 Å². The maximum atomic E-state index is 12.2. The number of aliphatic imine (C=N–C) groups is 1. The van der Waals surface area contributed by atoms with Crippen molar-refractivity contribution >= 4 is 17.7 Å². The second-order valence-corrected chi connectivity index (χ2v) is 6.24. The topological polar surface area (TPSA) is 102 Å². The van der Waals surface area contributed by atoms with E-state index in [0.29, 0.717) is 5.82 Å². The third-order valence-electron chi connectivity index (χ3n) is 3.08. The van der Waals surface area contributed by atoms with Gasteiger partial charge < -0.3 is 15.7 Å². The van der Waals surface area contributed by atoms with Crippen LogP contribution in [0, 0.1) is 6.92 Å². The van der Waals surface area contributed by atoms with Crippen LogP contribution in [0.1, 0.15) is 25.1 Å². The first kappa shape index (κ1) is 17.7. The van der Waals surface area contributed by atoms with Crippen molar-refractivity contribution in [1.29, 1.82) is 0 Å². The fourth-order valence-corrected chi connectivity index (χ4v) is 1.95. The van der Waals surface area contributed by atoms with Gasteiger partial charge in [0.15, 0.2) is 5.82 Å². The molecule has 1 heterocycles. The molecule has 0 atom stereocenters. The summed E-state index contributed by atoms with van der Waals surface area (Å²) >= 11 is 0. The Hall–Kier alpha value is -2.67. The number of aromatic nitrogens is 2. The molecule has 24 heavy (non-hydrogen) atoms. The number of guanidine groups is 1. The highest BCUT2D eigenvalue weighted by Crippen LogP contribution is 2.05. The zero-order chi connectivity index (χ0) is 17.6. The summed E-state index contributed by atoms with van der Waals surface area (Å²) in [6.45, 7) is 5.45. The van der Waals surface area contributed by atoms with E-state index in [-0.39, 0.29) is 24.8 Å². The van der Waals surface area contributed by atoms with Gasteiger partial charge >= 0.3 is 0 Å². The summed E-state index contributed by atoms with van der Waals surface area (Å²) in [5.74, 6) is 0.505. The molecule has 0 aliphatic carbocycles. The lowest BCUT2D eigenvalue weighted by Crippen LogP contribution is -2.41. The number of aliphatic hydroxyl groups is 1. The van der Waals surface area contributed by atoms with Crippen molar-refractivity contribution in [3.63, 3.8) is 0 Å². The molecule has 0 aliphatic heterocycles. The number of aromatic amines is 1. The number of nitrogens with zero attached hydrogens (tertiary/aromatic N) is 2. The molecule has 2 aromatic rings. The maximum Gasteiger partial charge on any atom is 0.253 e. The highest BCUT2D eigenvalue weighted by Gasteiger charge is 2.14. The number of hydrogen-bond acceptors (Lipinski definition) is 3. The molecule has 2 rings (SSSR count). The van der Waals surface area contributed by atoms with E-state index in [2.05, 4.69) is 25.8 Å². The van der Waals surface area contributed by atoms with Gasteiger partial charge in [-0.15, -0.1) is 0 Å². The molecule has 0 spiro atoms. The molecule has 0 saturated carbocycles. The fourth-order valence-electron chi connectivity index (χ4n) is 1.95. The van der Waals surface area contributed by atoms with E-state index in [1.165, 1.54) is 0 Å². The Kier molecular flexibility index (Phi) is 5.70. The monoisotopic (exact) mass is 329 g/mol. The number of rotatable bonds is 5.